The van der Waals surface area contributed by atoms with Crippen LogP contribution in [-0.2, 0) is 6.54 Å². The molecule has 0 bridgehead atoms. The van der Waals surface area contributed by atoms with Crippen molar-refractivity contribution in [2.75, 3.05) is 10.6 Å². The highest BCUT2D eigenvalue weighted by molar-refractivity contribution is 6.04. The molecule has 33 heavy (non-hydrogen) atoms. The molecular weight excluding hydrogens is 418 g/mol. The number of nitrogens with one attached hydrogen (secondary N) is 3. The predicted molar refractivity (Wildman–Crippen MR) is 126 cm³/mol. The Kier molecular flexibility index (Phi) is 6.47. The van der Waals surface area contributed by atoms with E-state index in [0.29, 0.717) is 23.4 Å². The van der Waals surface area contributed by atoms with Crippen LogP contribution in [-0.4, -0.2) is 27.1 Å². The van der Waals surface area contributed by atoms with E-state index < -0.39 is 17.9 Å². The first-order valence-electron chi connectivity index (χ1n) is 10.3. The van der Waals surface area contributed by atoms with Gasteiger partial charge in [-0.15, -0.1) is 0 Å². The van der Waals surface area contributed by atoms with Crippen LogP contribution in [0.5, 0.6) is 0 Å². The maximum atomic E-state index is 12.8. The number of aliphatic hydroxyl groups excluding tert-OH is 1. The number of anilines is 2. The molecule has 0 fully saturated rings. The molecule has 3 aromatic carbocycles. The van der Waals surface area contributed by atoms with Crippen molar-refractivity contribution in [1.29, 1.82) is 0 Å². The summed E-state index contributed by atoms with van der Waals surface area (Å²) in [6.45, 7) is 0.305. The summed E-state index contributed by atoms with van der Waals surface area (Å²) in [6, 6.07) is 23.2. The van der Waals surface area contributed by atoms with Crippen molar-refractivity contribution in [2.24, 2.45) is 5.73 Å². The minimum absolute atomic E-state index is 0.216. The highest BCUT2D eigenvalue weighted by Crippen LogP contribution is 2.28. The van der Waals surface area contributed by atoms with Gasteiger partial charge in [-0.05, 0) is 29.8 Å². The van der Waals surface area contributed by atoms with Gasteiger partial charge < -0.3 is 21.5 Å². The van der Waals surface area contributed by atoms with Crippen LogP contribution in [0.4, 0.5) is 11.4 Å². The summed E-state index contributed by atoms with van der Waals surface area (Å²) in [6.07, 6.45) is 0.845. The molecule has 0 saturated carbocycles. The van der Waals surface area contributed by atoms with Crippen LogP contribution in [0.25, 0.3) is 0 Å². The van der Waals surface area contributed by atoms with Crippen LogP contribution >= 0.6 is 0 Å². The maximum Gasteiger partial charge on any atom is 0.276 e. The number of nitrogens with two attached hydrogens (primary N) is 1. The Labute approximate surface area is 190 Å². The van der Waals surface area contributed by atoms with Gasteiger partial charge in [0.2, 0.25) is 5.91 Å². The van der Waals surface area contributed by atoms with Crippen molar-refractivity contribution in [3.05, 3.63) is 113 Å². The van der Waals surface area contributed by atoms with Crippen LogP contribution in [0, 0.1) is 0 Å². The van der Waals surface area contributed by atoms with E-state index in [0.717, 1.165) is 16.8 Å². The van der Waals surface area contributed by atoms with Gasteiger partial charge in [-0.1, -0.05) is 54.6 Å². The number of aliphatic hydroxyl groups is 1. The fourth-order valence-corrected chi connectivity index (χ4v) is 3.49. The van der Waals surface area contributed by atoms with Gasteiger partial charge in [-0.3, -0.25) is 14.7 Å². The van der Waals surface area contributed by atoms with E-state index in [4.69, 9.17) is 5.73 Å². The largest absolute Gasteiger partial charge is 0.384 e. The molecule has 0 aliphatic carbocycles. The molecule has 0 radical (unpaired) electrons. The zero-order chi connectivity index (χ0) is 23.2. The van der Waals surface area contributed by atoms with Gasteiger partial charge in [0.1, 0.15) is 6.10 Å². The predicted octanol–water partition coefficient (Wildman–Crippen LogP) is 3.45. The van der Waals surface area contributed by atoms with Crippen molar-refractivity contribution in [1.82, 2.24) is 10.2 Å². The fourth-order valence-electron chi connectivity index (χ4n) is 3.49. The first-order chi connectivity index (χ1) is 16.0. The number of benzene rings is 3. The van der Waals surface area contributed by atoms with Crippen LogP contribution in [0.15, 0.2) is 85.1 Å². The molecule has 8 nitrogen and oxygen atoms in total. The molecule has 4 aromatic rings. The summed E-state index contributed by atoms with van der Waals surface area (Å²) in [5.74, 6) is -1.00. The van der Waals surface area contributed by atoms with Gasteiger partial charge in [0.15, 0.2) is 5.69 Å². The lowest BCUT2D eigenvalue weighted by Gasteiger charge is -2.17. The number of hydrogen-bond donors (Lipinski definition) is 5. The van der Waals surface area contributed by atoms with Crippen LogP contribution in [0.2, 0.25) is 0 Å². The Morgan fingerprint density at radius 3 is 2.55 bits per heavy atom. The lowest BCUT2D eigenvalue weighted by atomic mass is 10.00. The molecule has 1 unspecified atom stereocenters. The average molecular weight is 441 g/mol. The zero-order valence-corrected chi connectivity index (χ0v) is 17.7. The van der Waals surface area contributed by atoms with Crippen LogP contribution < -0.4 is 16.4 Å². The molecule has 0 aliphatic heterocycles. The van der Waals surface area contributed by atoms with Gasteiger partial charge in [0.25, 0.3) is 5.91 Å². The lowest BCUT2D eigenvalue weighted by Crippen LogP contribution is -2.17. The fraction of sp³-hybridized carbons (Fsp3) is 0.0800. The van der Waals surface area contributed by atoms with E-state index in [2.05, 4.69) is 20.8 Å². The van der Waals surface area contributed by atoms with Gasteiger partial charge >= 0.3 is 0 Å². The van der Waals surface area contributed by atoms with Gasteiger partial charge in [0.05, 0.1) is 0 Å². The number of aromatic amines is 1. The first kappa shape index (κ1) is 21.8. The zero-order valence-electron chi connectivity index (χ0n) is 17.7. The first-order valence-corrected chi connectivity index (χ1v) is 10.3. The molecule has 0 saturated heterocycles. The minimum Gasteiger partial charge on any atom is -0.384 e. The maximum absolute atomic E-state index is 12.8. The molecule has 6 N–H and O–H groups in total. The lowest BCUT2D eigenvalue weighted by molar-refractivity contribution is 0.0995. The number of para-hydroxylation sites is 1. The van der Waals surface area contributed by atoms with Gasteiger partial charge in [-0.25, -0.2) is 0 Å². The third kappa shape index (κ3) is 5.08. The summed E-state index contributed by atoms with van der Waals surface area (Å²) < 4.78 is 0. The summed E-state index contributed by atoms with van der Waals surface area (Å²) in [5, 5.41) is 23.7. The number of H-pyrrole nitrogens is 1. The molecule has 0 aliphatic rings. The number of hydrogen-bond acceptors (Lipinski definition) is 5. The monoisotopic (exact) mass is 441 g/mol. The molecule has 1 heterocycles. The Bertz CT molecular complexity index is 1270. The molecule has 4 rings (SSSR count). The van der Waals surface area contributed by atoms with Crippen LogP contribution in [0.3, 0.4) is 0 Å². The third-order valence-electron chi connectivity index (χ3n) is 5.18. The van der Waals surface area contributed by atoms with Crippen molar-refractivity contribution in [2.45, 2.75) is 12.6 Å². The second-order valence-electron chi connectivity index (χ2n) is 7.41. The summed E-state index contributed by atoms with van der Waals surface area (Å²) in [7, 11) is 0. The summed E-state index contributed by atoms with van der Waals surface area (Å²) in [5.41, 5.74) is 9.15. The number of amides is 2. The molecule has 0 spiro atoms. The number of rotatable bonds is 8. The van der Waals surface area contributed by atoms with E-state index >= 15 is 0 Å². The topological polar surface area (TPSA) is 133 Å². The van der Waals surface area contributed by atoms with E-state index in [1.165, 1.54) is 6.07 Å². The molecule has 1 aromatic heterocycles. The quantitative estimate of drug-likeness (QED) is 0.286. The molecule has 166 valence electrons. The summed E-state index contributed by atoms with van der Waals surface area (Å²) >= 11 is 0. The highest BCUT2D eigenvalue weighted by atomic mass is 16.3. The number of aromatic nitrogens is 2. The minimum atomic E-state index is -0.792. The number of carbonyl (C=O) groups excluding carboxylic acids is 2. The van der Waals surface area contributed by atoms with Crippen molar-refractivity contribution < 1.29 is 14.7 Å². The number of nitrogens with zero attached hydrogens (tertiary/aromatic N) is 1. The third-order valence-corrected chi connectivity index (χ3v) is 5.18. The van der Waals surface area contributed by atoms with E-state index in [-0.39, 0.29) is 5.69 Å². The second-order valence-corrected chi connectivity index (χ2v) is 7.41. The normalized spacial score (nSPS) is 11.5. The smallest absolute Gasteiger partial charge is 0.276 e. The number of primary amides is 1. The molecule has 1 atom stereocenters. The van der Waals surface area contributed by atoms with Crippen molar-refractivity contribution in [3.63, 3.8) is 0 Å². The van der Waals surface area contributed by atoms with E-state index in [1.54, 1.807) is 24.4 Å². The Balaban J connectivity index is 1.48. The average Bonchev–Trinajstić information content (AvgIpc) is 3.32. The van der Waals surface area contributed by atoms with Gasteiger partial charge in [-0.2, -0.15) is 5.10 Å². The van der Waals surface area contributed by atoms with Crippen LogP contribution in [0.1, 0.15) is 43.6 Å². The van der Waals surface area contributed by atoms with E-state index in [1.807, 2.05) is 54.6 Å². The Hall–Kier alpha value is -4.43. The van der Waals surface area contributed by atoms with E-state index in [9.17, 15) is 14.7 Å². The Morgan fingerprint density at radius 2 is 1.76 bits per heavy atom. The van der Waals surface area contributed by atoms with Crippen molar-refractivity contribution >= 4 is 23.2 Å². The highest BCUT2D eigenvalue weighted by Gasteiger charge is 2.17. The molecule has 2 amide bonds. The van der Waals surface area contributed by atoms with Crippen molar-refractivity contribution in [3.8, 4) is 0 Å². The second kappa shape index (κ2) is 9.80. The standard InChI is InChI=1S/C25H23N5O3/c26-24(32)17-9-6-10-19(13-17)29-25(33)22-18(15-28-30-22)14-27-21-12-5-4-11-20(21)23(31)16-7-2-1-3-8-16/h1-13,15,23,27,31H,14H2,(H2,26,32)(H,28,30)(H,29,33). The summed E-state index contributed by atoms with van der Waals surface area (Å²) in [4.78, 5) is 24.1. The van der Waals surface area contributed by atoms with Gasteiger partial charge in [0, 0.05) is 40.8 Å². The molecular formula is C25H23N5O3. The SMILES string of the molecule is NC(=O)c1cccc(NC(=O)c2n[nH]cc2CNc2ccccc2C(O)c2ccccc2)c1. The number of carbonyl (C=O) groups is 2. The molecule has 8 heteroatoms. The Morgan fingerprint density at radius 1 is 1.00 bits per heavy atom.